The van der Waals surface area contributed by atoms with Gasteiger partial charge in [-0.25, -0.2) is 0 Å². The number of carbonyl (C=O) groups excluding carboxylic acids is 1. The fourth-order valence-electron chi connectivity index (χ4n) is 2.61. The summed E-state index contributed by atoms with van der Waals surface area (Å²) in [6.45, 7) is 7.51. The number of anilines is 1. The van der Waals surface area contributed by atoms with Gasteiger partial charge in [0, 0.05) is 43.4 Å². The first-order valence-electron chi connectivity index (χ1n) is 7.50. The SMILES string of the molecule is CCC(C)(CN)C(=O)N1CCN(c2cccc(Cl)c2)CC1. The Morgan fingerprint density at radius 2 is 2.00 bits per heavy atom. The molecule has 0 aromatic heterocycles. The largest absolute Gasteiger partial charge is 0.368 e. The molecule has 1 atom stereocenters. The summed E-state index contributed by atoms with van der Waals surface area (Å²) in [6, 6.07) is 7.85. The minimum absolute atomic E-state index is 0.179. The topological polar surface area (TPSA) is 49.6 Å². The molecule has 1 unspecified atom stereocenters. The molecule has 0 bridgehead atoms. The highest BCUT2D eigenvalue weighted by molar-refractivity contribution is 6.30. The van der Waals surface area contributed by atoms with Crippen molar-refractivity contribution >= 4 is 23.2 Å². The zero-order valence-corrected chi connectivity index (χ0v) is 13.6. The van der Waals surface area contributed by atoms with Crippen LogP contribution in [0.3, 0.4) is 0 Å². The Hall–Kier alpha value is -1.26. The van der Waals surface area contributed by atoms with E-state index >= 15 is 0 Å². The summed E-state index contributed by atoms with van der Waals surface area (Å²) < 4.78 is 0. The zero-order valence-electron chi connectivity index (χ0n) is 12.8. The van der Waals surface area contributed by atoms with E-state index in [4.69, 9.17) is 17.3 Å². The second kappa shape index (κ2) is 6.67. The number of nitrogens with zero attached hydrogens (tertiary/aromatic N) is 2. The fraction of sp³-hybridized carbons (Fsp3) is 0.562. The van der Waals surface area contributed by atoms with Crippen LogP contribution in [0.5, 0.6) is 0 Å². The van der Waals surface area contributed by atoms with E-state index in [1.807, 2.05) is 36.9 Å². The molecule has 0 saturated carbocycles. The van der Waals surface area contributed by atoms with Crippen molar-refractivity contribution in [3.8, 4) is 0 Å². The number of benzene rings is 1. The smallest absolute Gasteiger partial charge is 0.229 e. The van der Waals surface area contributed by atoms with Gasteiger partial charge >= 0.3 is 0 Å². The van der Waals surface area contributed by atoms with Gasteiger partial charge in [-0.1, -0.05) is 24.6 Å². The molecule has 0 spiro atoms. The van der Waals surface area contributed by atoms with Crippen LogP contribution in [0, 0.1) is 5.41 Å². The lowest BCUT2D eigenvalue weighted by molar-refractivity contribution is -0.141. The first kappa shape index (κ1) is 16.1. The number of hydrogen-bond donors (Lipinski definition) is 1. The Balaban J connectivity index is 1.99. The van der Waals surface area contributed by atoms with Crippen LogP contribution < -0.4 is 10.6 Å². The molecule has 1 aromatic rings. The maximum Gasteiger partial charge on any atom is 0.229 e. The highest BCUT2D eigenvalue weighted by Crippen LogP contribution is 2.25. The normalized spacial score (nSPS) is 18.5. The molecule has 1 aliphatic rings. The first-order valence-corrected chi connectivity index (χ1v) is 7.88. The Labute approximate surface area is 131 Å². The lowest BCUT2D eigenvalue weighted by atomic mass is 9.86. The summed E-state index contributed by atoms with van der Waals surface area (Å²) in [5.74, 6) is 0.179. The number of piperazine rings is 1. The molecule has 116 valence electrons. The van der Waals surface area contributed by atoms with Crippen LogP contribution >= 0.6 is 11.6 Å². The number of amides is 1. The van der Waals surface area contributed by atoms with Crippen molar-refractivity contribution in [1.82, 2.24) is 4.90 Å². The van der Waals surface area contributed by atoms with Crippen molar-refractivity contribution in [2.24, 2.45) is 11.1 Å². The van der Waals surface area contributed by atoms with Crippen LogP contribution in [0.1, 0.15) is 20.3 Å². The lowest BCUT2D eigenvalue weighted by Crippen LogP contribution is -2.54. The monoisotopic (exact) mass is 309 g/mol. The van der Waals surface area contributed by atoms with Gasteiger partial charge in [0.15, 0.2) is 0 Å². The molecule has 1 aromatic carbocycles. The average molecular weight is 310 g/mol. The van der Waals surface area contributed by atoms with Crippen molar-refractivity contribution < 1.29 is 4.79 Å². The van der Waals surface area contributed by atoms with Gasteiger partial charge in [-0.05, 0) is 31.5 Å². The molecular weight excluding hydrogens is 286 g/mol. The zero-order chi connectivity index (χ0) is 15.5. The summed E-state index contributed by atoms with van der Waals surface area (Å²) >= 11 is 6.04. The third kappa shape index (κ3) is 3.50. The minimum Gasteiger partial charge on any atom is -0.368 e. The Morgan fingerprint density at radius 1 is 1.33 bits per heavy atom. The van der Waals surface area contributed by atoms with Crippen LogP contribution in [-0.2, 0) is 4.79 Å². The molecule has 1 saturated heterocycles. The molecule has 1 amide bonds. The van der Waals surface area contributed by atoms with Crippen LogP contribution in [-0.4, -0.2) is 43.5 Å². The second-order valence-corrected chi connectivity index (χ2v) is 6.31. The van der Waals surface area contributed by atoms with E-state index in [0.29, 0.717) is 6.54 Å². The van der Waals surface area contributed by atoms with E-state index in [1.165, 1.54) is 0 Å². The number of hydrogen-bond acceptors (Lipinski definition) is 3. The Morgan fingerprint density at radius 3 is 2.52 bits per heavy atom. The third-order valence-corrected chi connectivity index (χ3v) is 4.72. The van der Waals surface area contributed by atoms with E-state index in [1.54, 1.807) is 0 Å². The van der Waals surface area contributed by atoms with Gasteiger partial charge in [0.1, 0.15) is 0 Å². The molecule has 0 aliphatic carbocycles. The van der Waals surface area contributed by atoms with E-state index < -0.39 is 5.41 Å². The molecule has 2 N–H and O–H groups in total. The summed E-state index contributed by atoms with van der Waals surface area (Å²) in [6.07, 6.45) is 0.775. The van der Waals surface area contributed by atoms with Gasteiger partial charge in [0.05, 0.1) is 5.41 Å². The van der Waals surface area contributed by atoms with Crippen LogP contribution in [0.15, 0.2) is 24.3 Å². The van der Waals surface area contributed by atoms with Crippen molar-refractivity contribution in [2.45, 2.75) is 20.3 Å². The molecule has 1 heterocycles. The number of halogens is 1. The molecule has 5 heteroatoms. The quantitative estimate of drug-likeness (QED) is 0.929. The van der Waals surface area contributed by atoms with E-state index in [2.05, 4.69) is 11.0 Å². The average Bonchev–Trinajstić information content (AvgIpc) is 2.53. The molecule has 2 rings (SSSR count). The van der Waals surface area contributed by atoms with Crippen molar-refractivity contribution in [3.05, 3.63) is 29.3 Å². The predicted octanol–water partition coefficient (Wildman–Crippen LogP) is 2.36. The number of carbonyl (C=O) groups is 1. The van der Waals surface area contributed by atoms with Gasteiger partial charge in [0.25, 0.3) is 0 Å². The van der Waals surface area contributed by atoms with Gasteiger partial charge in [-0.15, -0.1) is 0 Å². The summed E-state index contributed by atoms with van der Waals surface area (Å²) in [5, 5.41) is 0.743. The standard InChI is InChI=1S/C16H24ClN3O/c1-3-16(2,12-18)15(21)20-9-7-19(8-10-20)14-6-4-5-13(17)11-14/h4-6,11H,3,7-10,12,18H2,1-2H3. The van der Waals surface area contributed by atoms with Crippen LogP contribution in [0.25, 0.3) is 0 Å². The molecular formula is C16H24ClN3O. The van der Waals surface area contributed by atoms with Crippen molar-refractivity contribution in [3.63, 3.8) is 0 Å². The predicted molar refractivity (Wildman–Crippen MR) is 87.7 cm³/mol. The lowest BCUT2D eigenvalue weighted by Gasteiger charge is -2.40. The maximum atomic E-state index is 12.6. The number of nitrogens with two attached hydrogens (primary N) is 1. The van der Waals surface area contributed by atoms with Crippen LogP contribution in [0.2, 0.25) is 5.02 Å². The summed E-state index contributed by atoms with van der Waals surface area (Å²) in [4.78, 5) is 16.8. The van der Waals surface area contributed by atoms with E-state index in [9.17, 15) is 4.79 Å². The molecule has 21 heavy (non-hydrogen) atoms. The van der Waals surface area contributed by atoms with Gasteiger partial charge in [-0.3, -0.25) is 4.79 Å². The summed E-state index contributed by atoms with van der Waals surface area (Å²) in [7, 11) is 0. The molecule has 0 radical (unpaired) electrons. The molecule has 1 fully saturated rings. The van der Waals surface area contributed by atoms with Gasteiger partial charge in [0.2, 0.25) is 5.91 Å². The van der Waals surface area contributed by atoms with E-state index in [0.717, 1.165) is 43.3 Å². The molecule has 4 nitrogen and oxygen atoms in total. The maximum absolute atomic E-state index is 12.6. The highest BCUT2D eigenvalue weighted by atomic mass is 35.5. The minimum atomic E-state index is -0.432. The van der Waals surface area contributed by atoms with Crippen molar-refractivity contribution in [1.29, 1.82) is 0 Å². The number of rotatable bonds is 4. The fourth-order valence-corrected chi connectivity index (χ4v) is 2.79. The first-order chi connectivity index (χ1) is 10.00. The highest BCUT2D eigenvalue weighted by Gasteiger charge is 2.35. The Bertz CT molecular complexity index is 494. The second-order valence-electron chi connectivity index (χ2n) is 5.88. The van der Waals surface area contributed by atoms with E-state index in [-0.39, 0.29) is 5.91 Å². The summed E-state index contributed by atoms with van der Waals surface area (Å²) in [5.41, 5.74) is 6.47. The molecule has 1 aliphatic heterocycles. The van der Waals surface area contributed by atoms with Crippen molar-refractivity contribution in [2.75, 3.05) is 37.6 Å². The van der Waals surface area contributed by atoms with Crippen LogP contribution in [0.4, 0.5) is 5.69 Å². The Kier molecular flexibility index (Phi) is 5.12. The van der Waals surface area contributed by atoms with Gasteiger partial charge in [-0.2, -0.15) is 0 Å². The van der Waals surface area contributed by atoms with Gasteiger partial charge < -0.3 is 15.5 Å². The third-order valence-electron chi connectivity index (χ3n) is 4.49.